The van der Waals surface area contributed by atoms with E-state index in [1.54, 1.807) is 14.0 Å². The zero-order valence-electron chi connectivity index (χ0n) is 9.46. The number of ether oxygens (including phenoxy) is 1. The predicted octanol–water partition coefficient (Wildman–Crippen LogP) is 3.29. The molecule has 1 rings (SSSR count). The summed E-state index contributed by atoms with van der Waals surface area (Å²) in [7, 11) is 1.60. The molecule has 2 nitrogen and oxygen atoms in total. The highest BCUT2D eigenvalue weighted by Gasteiger charge is 2.12. The Bertz CT molecular complexity index is 404. The van der Waals surface area contributed by atoms with Crippen LogP contribution in [0.2, 0.25) is 0 Å². The largest absolute Gasteiger partial charge is 0.496 e. The number of benzene rings is 1. The molecule has 16 heavy (non-hydrogen) atoms. The van der Waals surface area contributed by atoms with E-state index in [0.29, 0.717) is 18.6 Å². The van der Waals surface area contributed by atoms with Gasteiger partial charge in [-0.25, -0.2) is 0 Å². The molecule has 1 atom stereocenters. The van der Waals surface area contributed by atoms with Crippen LogP contribution in [0, 0.1) is 11.8 Å². The van der Waals surface area contributed by atoms with Crippen LogP contribution >= 0.6 is 15.9 Å². The van der Waals surface area contributed by atoms with E-state index in [1.807, 2.05) is 18.2 Å². The normalized spacial score (nSPS) is 11.5. The third-order valence-electron chi connectivity index (χ3n) is 2.27. The summed E-state index contributed by atoms with van der Waals surface area (Å²) in [5, 5.41) is 9.99. The van der Waals surface area contributed by atoms with Gasteiger partial charge in [0.1, 0.15) is 5.75 Å². The molecule has 0 radical (unpaired) electrons. The molecule has 1 N–H and O–H groups in total. The van der Waals surface area contributed by atoms with Crippen LogP contribution in [-0.4, -0.2) is 12.2 Å². The standard InChI is InChI=1S/C13H15BrO2/c1-3-4-5-6-12(15)11-8-7-10(14)9-13(11)16-2/h7-9,12,15H,5-6H2,1-2H3. The third-order valence-corrected chi connectivity index (χ3v) is 2.77. The van der Waals surface area contributed by atoms with Gasteiger partial charge in [-0.15, -0.1) is 11.8 Å². The summed E-state index contributed by atoms with van der Waals surface area (Å²) in [5.74, 6) is 6.45. The minimum absolute atomic E-state index is 0.524. The second-order valence-corrected chi connectivity index (χ2v) is 4.28. The van der Waals surface area contributed by atoms with E-state index in [-0.39, 0.29) is 0 Å². The molecule has 0 heterocycles. The highest BCUT2D eigenvalue weighted by atomic mass is 79.9. The summed E-state index contributed by atoms with van der Waals surface area (Å²) < 4.78 is 6.17. The van der Waals surface area contributed by atoms with Gasteiger partial charge in [0, 0.05) is 16.5 Å². The van der Waals surface area contributed by atoms with Crippen molar-refractivity contribution in [3.63, 3.8) is 0 Å². The first-order chi connectivity index (χ1) is 7.69. The van der Waals surface area contributed by atoms with Crippen LogP contribution in [0.25, 0.3) is 0 Å². The average Bonchev–Trinajstić information content (AvgIpc) is 2.29. The van der Waals surface area contributed by atoms with Crippen molar-refractivity contribution in [1.82, 2.24) is 0 Å². The van der Waals surface area contributed by atoms with E-state index in [9.17, 15) is 5.11 Å². The molecule has 1 aromatic rings. The van der Waals surface area contributed by atoms with Gasteiger partial charge in [0.05, 0.1) is 13.2 Å². The minimum atomic E-state index is -0.524. The van der Waals surface area contributed by atoms with Gasteiger partial charge in [0.15, 0.2) is 0 Å². The van der Waals surface area contributed by atoms with Crippen LogP contribution in [0.5, 0.6) is 5.75 Å². The van der Waals surface area contributed by atoms with Gasteiger partial charge in [-0.1, -0.05) is 22.0 Å². The van der Waals surface area contributed by atoms with Crippen molar-refractivity contribution >= 4 is 15.9 Å². The zero-order chi connectivity index (χ0) is 12.0. The number of methoxy groups -OCH3 is 1. The second-order valence-electron chi connectivity index (χ2n) is 3.37. The first kappa shape index (κ1) is 13.1. The topological polar surface area (TPSA) is 29.5 Å². The Morgan fingerprint density at radius 1 is 1.50 bits per heavy atom. The predicted molar refractivity (Wildman–Crippen MR) is 68.3 cm³/mol. The fourth-order valence-corrected chi connectivity index (χ4v) is 1.79. The van der Waals surface area contributed by atoms with Crippen LogP contribution in [0.15, 0.2) is 22.7 Å². The summed E-state index contributed by atoms with van der Waals surface area (Å²) in [6.45, 7) is 1.80. The lowest BCUT2D eigenvalue weighted by atomic mass is 10.0. The Balaban J connectivity index is 2.80. The molecule has 0 aliphatic heterocycles. The van der Waals surface area contributed by atoms with Crippen molar-refractivity contribution in [3.05, 3.63) is 28.2 Å². The summed E-state index contributed by atoms with van der Waals surface area (Å²) in [6, 6.07) is 5.61. The number of halogens is 1. The van der Waals surface area contributed by atoms with Gasteiger partial charge >= 0.3 is 0 Å². The molecule has 1 unspecified atom stereocenters. The summed E-state index contributed by atoms with van der Waals surface area (Å²) >= 11 is 3.37. The number of rotatable bonds is 4. The molecule has 1 aromatic carbocycles. The monoisotopic (exact) mass is 282 g/mol. The maximum absolute atomic E-state index is 9.99. The molecule has 0 aromatic heterocycles. The van der Waals surface area contributed by atoms with Crippen molar-refractivity contribution in [2.24, 2.45) is 0 Å². The Labute approximate surface area is 105 Å². The molecule has 0 aliphatic carbocycles. The molecule has 0 saturated heterocycles. The Kier molecular flexibility index (Phi) is 5.37. The van der Waals surface area contributed by atoms with Crippen LogP contribution in [0.4, 0.5) is 0 Å². The smallest absolute Gasteiger partial charge is 0.125 e. The van der Waals surface area contributed by atoms with Gasteiger partial charge < -0.3 is 9.84 Å². The van der Waals surface area contributed by atoms with Crippen LogP contribution < -0.4 is 4.74 Å². The van der Waals surface area contributed by atoms with Crippen molar-refractivity contribution in [3.8, 4) is 17.6 Å². The van der Waals surface area contributed by atoms with Gasteiger partial charge in [-0.2, -0.15) is 0 Å². The minimum Gasteiger partial charge on any atom is -0.496 e. The van der Waals surface area contributed by atoms with E-state index in [4.69, 9.17) is 4.74 Å². The van der Waals surface area contributed by atoms with Gasteiger partial charge in [-0.3, -0.25) is 0 Å². The number of hydrogen-bond acceptors (Lipinski definition) is 2. The number of aliphatic hydroxyl groups is 1. The van der Waals surface area contributed by atoms with Gasteiger partial charge in [-0.05, 0) is 25.5 Å². The molecule has 0 spiro atoms. The lowest BCUT2D eigenvalue weighted by molar-refractivity contribution is 0.165. The fraction of sp³-hybridized carbons (Fsp3) is 0.385. The SMILES string of the molecule is CC#CCCC(O)c1ccc(Br)cc1OC. The van der Waals surface area contributed by atoms with Crippen molar-refractivity contribution in [2.75, 3.05) is 7.11 Å². The Hall–Kier alpha value is -0.980. The fourth-order valence-electron chi connectivity index (χ4n) is 1.45. The molecule has 0 amide bonds. The highest BCUT2D eigenvalue weighted by molar-refractivity contribution is 9.10. The van der Waals surface area contributed by atoms with Crippen LogP contribution in [-0.2, 0) is 0 Å². The van der Waals surface area contributed by atoms with E-state index in [2.05, 4.69) is 27.8 Å². The first-order valence-electron chi connectivity index (χ1n) is 5.10. The molecule has 0 fully saturated rings. The van der Waals surface area contributed by atoms with E-state index >= 15 is 0 Å². The third kappa shape index (κ3) is 3.55. The highest BCUT2D eigenvalue weighted by Crippen LogP contribution is 2.30. The lowest BCUT2D eigenvalue weighted by Gasteiger charge is -2.13. The van der Waals surface area contributed by atoms with E-state index in [0.717, 1.165) is 10.0 Å². The molecule has 0 saturated carbocycles. The average molecular weight is 283 g/mol. The molecule has 0 aliphatic rings. The summed E-state index contributed by atoms with van der Waals surface area (Å²) in [4.78, 5) is 0. The summed E-state index contributed by atoms with van der Waals surface area (Å²) in [5.41, 5.74) is 0.809. The van der Waals surface area contributed by atoms with Gasteiger partial charge in [0.25, 0.3) is 0 Å². The number of aliphatic hydroxyl groups excluding tert-OH is 1. The number of hydrogen-bond donors (Lipinski definition) is 1. The molecular formula is C13H15BrO2. The van der Waals surface area contributed by atoms with Crippen molar-refractivity contribution < 1.29 is 9.84 Å². The van der Waals surface area contributed by atoms with Crippen LogP contribution in [0.1, 0.15) is 31.4 Å². The molecule has 0 bridgehead atoms. The Morgan fingerprint density at radius 3 is 2.88 bits per heavy atom. The first-order valence-corrected chi connectivity index (χ1v) is 5.89. The van der Waals surface area contributed by atoms with Crippen molar-refractivity contribution in [1.29, 1.82) is 0 Å². The van der Waals surface area contributed by atoms with Crippen molar-refractivity contribution in [2.45, 2.75) is 25.9 Å². The maximum atomic E-state index is 9.99. The summed E-state index contributed by atoms with van der Waals surface area (Å²) in [6.07, 6.45) is 0.791. The van der Waals surface area contributed by atoms with Crippen LogP contribution in [0.3, 0.4) is 0 Å². The second kappa shape index (κ2) is 6.57. The Morgan fingerprint density at radius 2 is 2.25 bits per heavy atom. The maximum Gasteiger partial charge on any atom is 0.125 e. The lowest BCUT2D eigenvalue weighted by Crippen LogP contribution is -2.00. The van der Waals surface area contributed by atoms with E-state index in [1.165, 1.54) is 0 Å². The van der Waals surface area contributed by atoms with E-state index < -0.39 is 6.10 Å². The zero-order valence-corrected chi connectivity index (χ0v) is 11.0. The van der Waals surface area contributed by atoms with Gasteiger partial charge in [0.2, 0.25) is 0 Å². The molecule has 86 valence electrons. The quantitative estimate of drug-likeness (QED) is 0.859. The molecular weight excluding hydrogens is 268 g/mol. The molecule has 3 heteroatoms.